The van der Waals surface area contributed by atoms with E-state index in [9.17, 15) is 19.8 Å². The Labute approximate surface area is 514 Å². The molecular formula is C76H149NO5. The topological polar surface area (TPSA) is 95.9 Å². The third kappa shape index (κ3) is 67.7. The maximum absolute atomic E-state index is 12.5. The molecule has 0 aromatic heterocycles. The number of nitrogens with one attached hydrogen (secondary N) is 1. The van der Waals surface area contributed by atoms with Crippen molar-refractivity contribution in [2.45, 2.75) is 450 Å². The van der Waals surface area contributed by atoms with Gasteiger partial charge >= 0.3 is 5.97 Å². The van der Waals surface area contributed by atoms with Crippen LogP contribution in [0.25, 0.3) is 0 Å². The number of unbranched alkanes of at least 4 members (excludes halogenated alkanes) is 59. The van der Waals surface area contributed by atoms with E-state index in [1.165, 1.54) is 366 Å². The third-order valence-electron chi connectivity index (χ3n) is 18.1. The van der Waals surface area contributed by atoms with Gasteiger partial charge in [0.05, 0.1) is 25.4 Å². The van der Waals surface area contributed by atoms with Crippen LogP contribution in [0.5, 0.6) is 0 Å². The number of aliphatic hydroxyl groups is 2. The molecule has 0 bridgehead atoms. The highest BCUT2D eigenvalue weighted by Crippen LogP contribution is 2.20. The number of amides is 1. The number of esters is 1. The number of rotatable bonds is 72. The molecule has 488 valence electrons. The molecule has 1 amide bonds. The summed E-state index contributed by atoms with van der Waals surface area (Å²) in [6.07, 6.45) is 90.1. The average molecular weight is 1160 g/mol. The van der Waals surface area contributed by atoms with E-state index in [1.807, 2.05) is 0 Å². The van der Waals surface area contributed by atoms with Crippen molar-refractivity contribution in [3.63, 3.8) is 0 Å². The first-order valence-electron chi connectivity index (χ1n) is 37.9. The van der Waals surface area contributed by atoms with E-state index in [1.54, 1.807) is 0 Å². The number of carbonyl (C=O) groups is 2. The van der Waals surface area contributed by atoms with Gasteiger partial charge in [-0.2, -0.15) is 0 Å². The molecule has 0 aliphatic carbocycles. The predicted octanol–water partition coefficient (Wildman–Crippen LogP) is 24.7. The van der Waals surface area contributed by atoms with Crippen molar-refractivity contribution in [3.05, 3.63) is 12.2 Å². The molecular weight excluding hydrogens is 1010 g/mol. The van der Waals surface area contributed by atoms with Crippen LogP contribution in [0.1, 0.15) is 438 Å². The number of hydrogen-bond donors (Lipinski definition) is 3. The van der Waals surface area contributed by atoms with E-state index in [4.69, 9.17) is 4.74 Å². The van der Waals surface area contributed by atoms with E-state index < -0.39 is 12.1 Å². The lowest BCUT2D eigenvalue weighted by molar-refractivity contribution is -0.143. The van der Waals surface area contributed by atoms with Crippen molar-refractivity contribution in [2.75, 3.05) is 13.2 Å². The molecule has 0 aromatic carbocycles. The van der Waals surface area contributed by atoms with Crippen LogP contribution >= 0.6 is 0 Å². The standard InChI is InChI=1S/C76H149NO5/c1-3-5-7-9-11-13-15-17-19-20-39-42-46-50-54-58-62-66-70-76(81)82-71-67-63-59-55-51-47-43-40-37-35-33-31-29-27-25-23-21-22-24-26-28-30-32-34-36-38-41-45-49-53-57-61-65-69-75(80)77-73(72-78)74(79)68-64-60-56-52-48-44-18-16-14-12-10-8-6-4-2/h19-20,73-74,78-79H,3-18,21-72H2,1-2H3,(H,77,80)/b20-19-. The van der Waals surface area contributed by atoms with Crippen LogP contribution in [-0.2, 0) is 14.3 Å². The highest BCUT2D eigenvalue weighted by molar-refractivity contribution is 5.76. The van der Waals surface area contributed by atoms with E-state index in [0.29, 0.717) is 25.9 Å². The number of ether oxygens (including phenoxy) is 1. The number of allylic oxidation sites excluding steroid dienone is 2. The Hall–Kier alpha value is -1.40. The zero-order valence-corrected chi connectivity index (χ0v) is 56.0. The lowest BCUT2D eigenvalue weighted by Crippen LogP contribution is -2.45. The molecule has 3 N–H and O–H groups in total. The van der Waals surface area contributed by atoms with Crippen molar-refractivity contribution in [1.82, 2.24) is 5.32 Å². The minimum absolute atomic E-state index is 0.0199. The van der Waals surface area contributed by atoms with Crippen LogP contribution < -0.4 is 5.32 Å². The highest BCUT2D eigenvalue weighted by Gasteiger charge is 2.20. The van der Waals surface area contributed by atoms with Crippen molar-refractivity contribution in [1.29, 1.82) is 0 Å². The van der Waals surface area contributed by atoms with Gasteiger partial charge < -0.3 is 20.3 Å². The van der Waals surface area contributed by atoms with E-state index in [0.717, 1.165) is 38.5 Å². The Morgan fingerprint density at radius 3 is 0.866 bits per heavy atom. The zero-order valence-electron chi connectivity index (χ0n) is 56.0. The van der Waals surface area contributed by atoms with Crippen molar-refractivity contribution >= 4 is 11.9 Å². The Bertz CT molecular complexity index is 1240. The summed E-state index contributed by atoms with van der Waals surface area (Å²) in [7, 11) is 0. The molecule has 6 heteroatoms. The first-order valence-corrected chi connectivity index (χ1v) is 37.9. The Kier molecular flexibility index (Phi) is 70.8. The molecule has 0 radical (unpaired) electrons. The van der Waals surface area contributed by atoms with Gasteiger partial charge in [-0.3, -0.25) is 9.59 Å². The van der Waals surface area contributed by atoms with Gasteiger partial charge in [0.15, 0.2) is 0 Å². The second kappa shape index (κ2) is 72.1. The van der Waals surface area contributed by atoms with Gasteiger partial charge in [0.25, 0.3) is 0 Å². The summed E-state index contributed by atoms with van der Waals surface area (Å²) in [6, 6.07) is -0.536. The molecule has 0 heterocycles. The normalized spacial score (nSPS) is 12.5. The van der Waals surface area contributed by atoms with E-state index in [-0.39, 0.29) is 18.5 Å². The number of aliphatic hydroxyl groups excluding tert-OH is 2. The van der Waals surface area contributed by atoms with Crippen LogP contribution in [0.3, 0.4) is 0 Å². The van der Waals surface area contributed by atoms with Crippen LogP contribution in [0.15, 0.2) is 12.2 Å². The fraction of sp³-hybridized carbons (Fsp3) is 0.947. The predicted molar refractivity (Wildman–Crippen MR) is 361 cm³/mol. The van der Waals surface area contributed by atoms with Crippen LogP contribution in [0.4, 0.5) is 0 Å². The first-order chi connectivity index (χ1) is 40.5. The quantitative estimate of drug-likeness (QED) is 0.0320. The summed E-state index contributed by atoms with van der Waals surface area (Å²) in [5.74, 6) is -0.00701. The van der Waals surface area contributed by atoms with Crippen LogP contribution in [-0.4, -0.2) is 47.4 Å². The van der Waals surface area contributed by atoms with Crippen molar-refractivity contribution < 1.29 is 24.5 Å². The molecule has 2 unspecified atom stereocenters. The van der Waals surface area contributed by atoms with E-state index in [2.05, 4.69) is 31.3 Å². The summed E-state index contributed by atoms with van der Waals surface area (Å²) in [4.78, 5) is 24.6. The Balaban J connectivity index is 3.29. The molecule has 0 aliphatic heterocycles. The highest BCUT2D eigenvalue weighted by atomic mass is 16.5. The molecule has 0 aliphatic rings. The lowest BCUT2D eigenvalue weighted by atomic mass is 10.0. The van der Waals surface area contributed by atoms with Gasteiger partial charge in [-0.05, 0) is 51.4 Å². The maximum Gasteiger partial charge on any atom is 0.305 e. The monoisotopic (exact) mass is 1160 g/mol. The molecule has 0 spiro atoms. The molecule has 6 nitrogen and oxygen atoms in total. The molecule has 0 rings (SSSR count). The maximum atomic E-state index is 12.5. The van der Waals surface area contributed by atoms with Crippen molar-refractivity contribution in [2.24, 2.45) is 0 Å². The molecule has 0 saturated carbocycles. The van der Waals surface area contributed by atoms with Gasteiger partial charge in [0.2, 0.25) is 5.91 Å². The second-order valence-electron chi connectivity index (χ2n) is 26.3. The van der Waals surface area contributed by atoms with Crippen LogP contribution in [0.2, 0.25) is 0 Å². The van der Waals surface area contributed by atoms with Gasteiger partial charge in [0.1, 0.15) is 0 Å². The SMILES string of the molecule is CCCCCCCCC/C=C\CCCCCCCCCC(=O)OCCCCCCCCCCCCCCCCCCCCCCCCCCCCCCCCCCCC(=O)NC(CO)C(O)CCCCCCCCCCCCCCCC. The summed E-state index contributed by atoms with van der Waals surface area (Å²) in [5, 5.41) is 23.3. The number of hydrogen-bond acceptors (Lipinski definition) is 5. The summed E-state index contributed by atoms with van der Waals surface area (Å²) in [6.45, 7) is 4.99. The second-order valence-corrected chi connectivity index (χ2v) is 26.3. The average Bonchev–Trinajstić information content (AvgIpc) is 3.48. The summed E-state index contributed by atoms with van der Waals surface area (Å²) < 4.78 is 5.51. The number of carbonyl (C=O) groups excluding carboxylic acids is 2. The third-order valence-corrected chi connectivity index (χ3v) is 18.1. The van der Waals surface area contributed by atoms with Gasteiger partial charge in [-0.1, -0.05) is 386 Å². The van der Waals surface area contributed by atoms with Crippen molar-refractivity contribution in [3.8, 4) is 0 Å². The summed E-state index contributed by atoms with van der Waals surface area (Å²) in [5.41, 5.74) is 0. The fourth-order valence-electron chi connectivity index (χ4n) is 12.3. The lowest BCUT2D eigenvalue weighted by Gasteiger charge is -2.22. The molecule has 82 heavy (non-hydrogen) atoms. The smallest absolute Gasteiger partial charge is 0.305 e. The van der Waals surface area contributed by atoms with Gasteiger partial charge in [-0.15, -0.1) is 0 Å². The first kappa shape index (κ1) is 80.6. The molecule has 0 aromatic rings. The Morgan fingerprint density at radius 2 is 0.573 bits per heavy atom. The summed E-state index contributed by atoms with van der Waals surface area (Å²) >= 11 is 0. The minimum Gasteiger partial charge on any atom is -0.466 e. The molecule has 0 saturated heterocycles. The fourth-order valence-corrected chi connectivity index (χ4v) is 12.3. The van der Waals surface area contributed by atoms with E-state index >= 15 is 0 Å². The Morgan fingerprint density at radius 1 is 0.329 bits per heavy atom. The molecule has 0 fully saturated rings. The minimum atomic E-state index is -0.660. The largest absolute Gasteiger partial charge is 0.466 e. The van der Waals surface area contributed by atoms with Gasteiger partial charge in [-0.25, -0.2) is 0 Å². The zero-order chi connectivity index (χ0) is 59.2. The molecule has 2 atom stereocenters. The van der Waals surface area contributed by atoms with Crippen LogP contribution in [0, 0.1) is 0 Å². The van der Waals surface area contributed by atoms with Gasteiger partial charge in [0, 0.05) is 12.8 Å².